The lowest BCUT2D eigenvalue weighted by Gasteiger charge is -2.39. The van der Waals surface area contributed by atoms with Crippen LogP contribution in [0.25, 0.3) is 0 Å². The molecule has 0 radical (unpaired) electrons. The Kier molecular flexibility index (Phi) is 3.54. The molecule has 1 aromatic rings. The second-order valence-corrected chi connectivity index (χ2v) is 7.55. The first-order chi connectivity index (χ1) is 10.7. The number of amides is 2. The number of hydroxylamine groups is 2. The van der Waals surface area contributed by atoms with Crippen molar-refractivity contribution in [2.24, 2.45) is 10.8 Å². The lowest BCUT2D eigenvalue weighted by Crippen LogP contribution is -2.42. The van der Waals surface area contributed by atoms with Crippen molar-refractivity contribution in [3.05, 3.63) is 35.4 Å². The van der Waals surface area contributed by atoms with E-state index in [0.717, 1.165) is 12.8 Å². The van der Waals surface area contributed by atoms with Crippen molar-refractivity contribution in [3.63, 3.8) is 0 Å². The molecular weight excluding hydrogens is 294 g/mol. The Bertz CT molecular complexity index is 647. The van der Waals surface area contributed by atoms with E-state index in [1.807, 2.05) is 6.92 Å². The third kappa shape index (κ3) is 2.64. The summed E-state index contributed by atoms with van der Waals surface area (Å²) in [5.41, 5.74) is 0.126. The van der Waals surface area contributed by atoms with Crippen molar-refractivity contribution in [3.8, 4) is 0 Å². The van der Waals surface area contributed by atoms with Gasteiger partial charge in [0.25, 0.3) is 11.8 Å². The lowest BCUT2D eigenvalue weighted by atomic mass is 9.66. The van der Waals surface area contributed by atoms with Gasteiger partial charge in [-0.2, -0.15) is 0 Å². The average Bonchev–Trinajstić information content (AvgIpc) is 2.76. The van der Waals surface area contributed by atoms with Gasteiger partial charge >= 0.3 is 5.97 Å². The van der Waals surface area contributed by atoms with Gasteiger partial charge in [-0.3, -0.25) is 9.59 Å². The third-order valence-corrected chi connectivity index (χ3v) is 5.13. The van der Waals surface area contributed by atoms with Gasteiger partial charge < -0.3 is 4.84 Å². The minimum absolute atomic E-state index is 0.218. The lowest BCUT2D eigenvalue weighted by molar-refractivity contribution is -0.183. The number of fused-ring (bicyclic) bond motifs is 1. The largest absolute Gasteiger partial charge is 0.339 e. The fraction of sp³-hybridized carbons (Fsp3) is 0.500. The summed E-state index contributed by atoms with van der Waals surface area (Å²) in [6, 6.07) is 6.49. The van der Waals surface area contributed by atoms with Gasteiger partial charge in [-0.15, -0.1) is 0 Å². The summed E-state index contributed by atoms with van der Waals surface area (Å²) in [6.07, 6.45) is 3.23. The van der Waals surface area contributed by atoms with Crippen LogP contribution in [-0.4, -0.2) is 22.8 Å². The van der Waals surface area contributed by atoms with Gasteiger partial charge in [0.2, 0.25) is 0 Å². The Balaban J connectivity index is 1.75. The molecule has 1 heterocycles. The average molecular weight is 315 g/mol. The summed E-state index contributed by atoms with van der Waals surface area (Å²) in [5, 5.41) is 0.609. The van der Waals surface area contributed by atoms with Gasteiger partial charge in [0.05, 0.1) is 16.5 Å². The summed E-state index contributed by atoms with van der Waals surface area (Å²) in [7, 11) is 0. The van der Waals surface area contributed by atoms with E-state index in [4.69, 9.17) is 4.84 Å². The van der Waals surface area contributed by atoms with Crippen molar-refractivity contribution >= 4 is 17.8 Å². The van der Waals surface area contributed by atoms with Crippen LogP contribution in [-0.2, 0) is 9.63 Å². The quantitative estimate of drug-likeness (QED) is 0.785. The van der Waals surface area contributed by atoms with Crippen LogP contribution < -0.4 is 0 Å². The first-order valence-electron chi connectivity index (χ1n) is 7.94. The second kappa shape index (κ2) is 5.18. The molecular formula is C18H21NO4. The van der Waals surface area contributed by atoms with Crippen molar-refractivity contribution in [2.45, 2.75) is 46.5 Å². The van der Waals surface area contributed by atoms with Crippen LogP contribution in [0.1, 0.15) is 67.2 Å². The van der Waals surface area contributed by atoms with Crippen LogP contribution in [0.3, 0.4) is 0 Å². The fourth-order valence-corrected chi connectivity index (χ4v) is 3.13. The molecule has 0 aromatic heterocycles. The molecule has 1 aromatic carbocycles. The maximum absolute atomic E-state index is 12.6. The van der Waals surface area contributed by atoms with Gasteiger partial charge in [0, 0.05) is 0 Å². The standard InChI is InChI=1S/C18H21NO4/c1-17(2)8-10-18(3,11-9-17)16(22)23-19-14(20)12-6-4-5-7-13(12)15(19)21/h4-7H,8-11H2,1-3H3. The monoisotopic (exact) mass is 315 g/mol. The Morgan fingerprint density at radius 3 is 1.91 bits per heavy atom. The van der Waals surface area contributed by atoms with Crippen molar-refractivity contribution in [1.29, 1.82) is 0 Å². The van der Waals surface area contributed by atoms with Crippen LogP contribution >= 0.6 is 0 Å². The van der Waals surface area contributed by atoms with Gasteiger partial charge in [-0.05, 0) is 50.2 Å². The van der Waals surface area contributed by atoms with E-state index < -0.39 is 23.2 Å². The zero-order valence-electron chi connectivity index (χ0n) is 13.7. The normalized spacial score (nSPS) is 22.0. The maximum Gasteiger partial charge on any atom is 0.339 e. The van der Waals surface area contributed by atoms with E-state index in [9.17, 15) is 14.4 Å². The van der Waals surface area contributed by atoms with Crippen LogP contribution in [0.5, 0.6) is 0 Å². The zero-order valence-corrected chi connectivity index (χ0v) is 13.7. The smallest absolute Gasteiger partial charge is 0.329 e. The highest BCUT2D eigenvalue weighted by molar-refractivity contribution is 6.20. The number of imide groups is 1. The first kappa shape index (κ1) is 15.7. The molecule has 0 saturated heterocycles. The molecule has 0 spiro atoms. The third-order valence-electron chi connectivity index (χ3n) is 5.13. The molecule has 2 amide bonds. The minimum Gasteiger partial charge on any atom is -0.329 e. The van der Waals surface area contributed by atoms with E-state index in [2.05, 4.69) is 13.8 Å². The number of benzene rings is 1. The van der Waals surface area contributed by atoms with Gasteiger partial charge in [-0.1, -0.05) is 31.0 Å². The molecule has 0 bridgehead atoms. The molecule has 1 aliphatic carbocycles. The van der Waals surface area contributed by atoms with E-state index >= 15 is 0 Å². The molecule has 5 nitrogen and oxygen atoms in total. The van der Waals surface area contributed by atoms with Gasteiger partial charge in [-0.25, -0.2) is 4.79 Å². The van der Waals surface area contributed by atoms with Crippen LogP contribution in [0, 0.1) is 10.8 Å². The number of rotatable bonds is 2. The Hall–Kier alpha value is -2.17. The number of hydrogen-bond donors (Lipinski definition) is 0. The van der Waals surface area contributed by atoms with Crippen molar-refractivity contribution < 1.29 is 19.2 Å². The molecule has 122 valence electrons. The number of carbonyl (C=O) groups is 3. The van der Waals surface area contributed by atoms with Gasteiger partial charge in [0.15, 0.2) is 0 Å². The van der Waals surface area contributed by atoms with Crippen LogP contribution in [0.4, 0.5) is 0 Å². The topological polar surface area (TPSA) is 63.7 Å². The molecule has 2 aliphatic rings. The molecule has 0 N–H and O–H groups in total. The zero-order chi connectivity index (χ0) is 16.8. The summed E-state index contributed by atoms with van der Waals surface area (Å²) in [4.78, 5) is 42.3. The fourth-order valence-electron chi connectivity index (χ4n) is 3.13. The molecule has 0 unspecified atom stereocenters. The summed E-state index contributed by atoms with van der Waals surface area (Å²) < 4.78 is 0. The molecule has 23 heavy (non-hydrogen) atoms. The SMILES string of the molecule is CC1(C)CCC(C)(C(=O)ON2C(=O)c3ccccc3C2=O)CC1. The highest BCUT2D eigenvalue weighted by Crippen LogP contribution is 2.45. The number of nitrogens with zero attached hydrogens (tertiary/aromatic N) is 1. The first-order valence-corrected chi connectivity index (χ1v) is 7.94. The molecule has 5 heteroatoms. The summed E-state index contributed by atoms with van der Waals surface area (Å²) >= 11 is 0. The van der Waals surface area contributed by atoms with Gasteiger partial charge in [0.1, 0.15) is 0 Å². The van der Waals surface area contributed by atoms with Crippen molar-refractivity contribution in [1.82, 2.24) is 5.06 Å². The molecule has 3 rings (SSSR count). The Morgan fingerprint density at radius 2 is 1.43 bits per heavy atom. The Labute approximate surface area is 135 Å². The van der Waals surface area contributed by atoms with Crippen LogP contribution in [0.2, 0.25) is 0 Å². The summed E-state index contributed by atoms with van der Waals surface area (Å²) in [5.74, 6) is -1.64. The highest BCUT2D eigenvalue weighted by atomic mass is 16.7. The van der Waals surface area contributed by atoms with E-state index in [1.54, 1.807) is 24.3 Å². The number of carbonyl (C=O) groups excluding carboxylic acids is 3. The highest BCUT2D eigenvalue weighted by Gasteiger charge is 2.45. The maximum atomic E-state index is 12.6. The van der Waals surface area contributed by atoms with Crippen molar-refractivity contribution in [2.75, 3.05) is 0 Å². The predicted molar refractivity (Wildman–Crippen MR) is 83.4 cm³/mol. The molecule has 0 atom stereocenters. The Morgan fingerprint density at radius 1 is 0.957 bits per heavy atom. The molecule has 1 fully saturated rings. The number of hydrogen-bond acceptors (Lipinski definition) is 4. The van der Waals surface area contributed by atoms with E-state index in [1.165, 1.54) is 0 Å². The van der Waals surface area contributed by atoms with Crippen LogP contribution in [0.15, 0.2) is 24.3 Å². The second-order valence-electron chi connectivity index (χ2n) is 7.55. The molecule has 1 saturated carbocycles. The minimum atomic E-state index is -0.648. The molecule has 1 aliphatic heterocycles. The predicted octanol–water partition coefficient (Wildman–Crippen LogP) is 3.35. The summed E-state index contributed by atoms with van der Waals surface area (Å²) in [6.45, 7) is 6.22. The van der Waals surface area contributed by atoms with E-state index in [-0.39, 0.29) is 16.5 Å². The van der Waals surface area contributed by atoms with E-state index in [0.29, 0.717) is 17.9 Å².